The van der Waals surface area contributed by atoms with E-state index in [1.54, 1.807) is 31.4 Å². The van der Waals surface area contributed by atoms with E-state index in [0.717, 1.165) is 16.8 Å². The minimum atomic E-state index is -0.545. The van der Waals surface area contributed by atoms with Crippen molar-refractivity contribution in [2.45, 2.75) is 25.9 Å². The zero-order chi connectivity index (χ0) is 24.8. The largest absolute Gasteiger partial charge is 0.497 e. The van der Waals surface area contributed by atoms with Crippen LogP contribution in [0.25, 0.3) is 11.3 Å². The minimum absolute atomic E-state index is 0.175. The van der Waals surface area contributed by atoms with Crippen LogP contribution in [0.5, 0.6) is 5.75 Å². The maximum absolute atomic E-state index is 13.4. The highest BCUT2D eigenvalue weighted by Crippen LogP contribution is 2.35. The fraction of sp³-hybridized carbons (Fsp3) is 0.185. The van der Waals surface area contributed by atoms with Crippen LogP contribution in [0.2, 0.25) is 0 Å². The van der Waals surface area contributed by atoms with Crippen LogP contribution in [0.1, 0.15) is 18.9 Å². The van der Waals surface area contributed by atoms with Crippen molar-refractivity contribution in [2.75, 3.05) is 12.0 Å². The van der Waals surface area contributed by atoms with Crippen LogP contribution in [0, 0.1) is 11.6 Å². The topological polar surface area (TPSA) is 54.5 Å². The highest BCUT2D eigenvalue weighted by molar-refractivity contribution is 7.14. The number of nitrogens with zero attached hydrogens (tertiary/aromatic N) is 2. The van der Waals surface area contributed by atoms with Crippen LogP contribution in [0.4, 0.5) is 19.6 Å². The van der Waals surface area contributed by atoms with E-state index in [1.807, 2.05) is 41.5 Å². The fourth-order valence-electron chi connectivity index (χ4n) is 3.69. The van der Waals surface area contributed by atoms with Crippen molar-refractivity contribution in [3.8, 4) is 17.0 Å². The fourth-order valence-corrected chi connectivity index (χ4v) is 4.59. The van der Waals surface area contributed by atoms with Gasteiger partial charge in [-0.15, -0.1) is 11.3 Å². The van der Waals surface area contributed by atoms with E-state index in [2.05, 4.69) is 5.32 Å². The number of benzene rings is 3. The number of amides is 1. The third kappa shape index (κ3) is 5.84. The summed E-state index contributed by atoms with van der Waals surface area (Å²) < 4.78 is 31.9. The average Bonchev–Trinajstić information content (AvgIpc) is 3.37. The predicted molar refractivity (Wildman–Crippen MR) is 135 cm³/mol. The third-order valence-corrected chi connectivity index (χ3v) is 6.41. The quantitative estimate of drug-likeness (QED) is 0.296. The lowest BCUT2D eigenvalue weighted by Gasteiger charge is -2.30. The molecule has 0 aliphatic heterocycles. The van der Waals surface area contributed by atoms with Crippen molar-refractivity contribution < 1.29 is 18.3 Å². The Kier molecular flexibility index (Phi) is 7.72. The Balaban J connectivity index is 1.64. The van der Waals surface area contributed by atoms with Gasteiger partial charge in [-0.05, 0) is 72.6 Å². The van der Waals surface area contributed by atoms with Gasteiger partial charge in [-0.3, -0.25) is 4.79 Å². The first kappa shape index (κ1) is 24.3. The maximum atomic E-state index is 13.4. The van der Waals surface area contributed by atoms with E-state index in [4.69, 9.17) is 9.72 Å². The third-order valence-electron chi connectivity index (χ3n) is 5.57. The molecule has 0 radical (unpaired) electrons. The maximum Gasteiger partial charge on any atom is 0.243 e. The molecule has 1 atom stereocenters. The molecule has 0 aliphatic carbocycles. The summed E-state index contributed by atoms with van der Waals surface area (Å²) in [6.45, 7) is 2.22. The van der Waals surface area contributed by atoms with Gasteiger partial charge >= 0.3 is 0 Å². The van der Waals surface area contributed by atoms with Gasteiger partial charge in [0.05, 0.1) is 12.8 Å². The second-order valence-electron chi connectivity index (χ2n) is 7.86. The monoisotopic (exact) mass is 493 g/mol. The Labute approximate surface area is 207 Å². The zero-order valence-corrected chi connectivity index (χ0v) is 20.2. The van der Waals surface area contributed by atoms with Gasteiger partial charge in [0, 0.05) is 23.2 Å². The Bertz CT molecular complexity index is 1260. The molecule has 0 fully saturated rings. The number of nitrogens with one attached hydrogen (secondary N) is 1. The molecule has 1 aromatic heterocycles. The number of halogens is 2. The minimum Gasteiger partial charge on any atom is -0.497 e. The summed E-state index contributed by atoms with van der Waals surface area (Å²) in [5, 5.41) is 5.49. The molecule has 1 heterocycles. The average molecular weight is 494 g/mol. The number of hydrogen-bond donors (Lipinski definition) is 1. The van der Waals surface area contributed by atoms with Crippen molar-refractivity contribution >= 4 is 28.1 Å². The van der Waals surface area contributed by atoms with E-state index in [9.17, 15) is 13.6 Å². The summed E-state index contributed by atoms with van der Waals surface area (Å²) in [5.74, 6) is -0.106. The summed E-state index contributed by atoms with van der Waals surface area (Å²) in [4.78, 5) is 20.0. The van der Waals surface area contributed by atoms with Crippen molar-refractivity contribution in [3.63, 3.8) is 0 Å². The van der Waals surface area contributed by atoms with E-state index in [0.29, 0.717) is 23.0 Å². The van der Waals surface area contributed by atoms with Crippen molar-refractivity contribution in [3.05, 3.63) is 95.4 Å². The zero-order valence-electron chi connectivity index (χ0n) is 19.4. The molecule has 0 unspecified atom stereocenters. The van der Waals surface area contributed by atoms with Gasteiger partial charge in [-0.25, -0.2) is 13.8 Å². The van der Waals surface area contributed by atoms with E-state index < -0.39 is 6.04 Å². The van der Waals surface area contributed by atoms with Crippen LogP contribution in [0.3, 0.4) is 0 Å². The van der Waals surface area contributed by atoms with Crippen LogP contribution < -0.4 is 15.0 Å². The Morgan fingerprint density at radius 1 is 1.00 bits per heavy atom. The molecule has 4 rings (SSSR count). The summed E-state index contributed by atoms with van der Waals surface area (Å²) in [7, 11) is 1.60. The second kappa shape index (κ2) is 11.1. The molecule has 5 nitrogen and oxygen atoms in total. The van der Waals surface area contributed by atoms with Crippen molar-refractivity contribution in [1.29, 1.82) is 0 Å². The first-order chi connectivity index (χ1) is 17.0. The Morgan fingerprint density at radius 2 is 1.63 bits per heavy atom. The smallest absolute Gasteiger partial charge is 0.243 e. The van der Waals surface area contributed by atoms with Crippen LogP contribution in [-0.2, 0) is 11.3 Å². The first-order valence-corrected chi connectivity index (χ1v) is 12.0. The van der Waals surface area contributed by atoms with E-state index >= 15 is 0 Å². The molecular formula is C27H25F2N3O2S. The number of methoxy groups -OCH3 is 1. The van der Waals surface area contributed by atoms with Crippen LogP contribution in [0.15, 0.2) is 78.2 Å². The van der Waals surface area contributed by atoms with Gasteiger partial charge in [0.1, 0.15) is 23.4 Å². The SMILES string of the molecule is CC[C@@H](C(=O)NCc1ccc(F)cc1)N(c1ccc(OC)cc1)c1nc(-c2ccc(F)cc2)cs1. The number of rotatable bonds is 9. The molecule has 180 valence electrons. The lowest BCUT2D eigenvalue weighted by molar-refractivity contribution is -0.122. The van der Waals surface area contributed by atoms with Gasteiger partial charge in [0.15, 0.2) is 5.13 Å². The number of hydrogen-bond acceptors (Lipinski definition) is 5. The van der Waals surface area contributed by atoms with Gasteiger partial charge in [-0.2, -0.15) is 0 Å². The van der Waals surface area contributed by atoms with Gasteiger partial charge < -0.3 is 15.0 Å². The molecule has 0 saturated carbocycles. The summed E-state index contributed by atoms with van der Waals surface area (Å²) in [6, 6.07) is 19.1. The number of carbonyl (C=O) groups is 1. The van der Waals surface area contributed by atoms with E-state index in [-0.39, 0.29) is 24.1 Å². The molecule has 35 heavy (non-hydrogen) atoms. The molecule has 0 bridgehead atoms. The summed E-state index contributed by atoms with van der Waals surface area (Å²) in [6.07, 6.45) is 0.521. The number of anilines is 2. The Morgan fingerprint density at radius 3 is 2.23 bits per heavy atom. The summed E-state index contributed by atoms with van der Waals surface area (Å²) >= 11 is 1.41. The normalized spacial score (nSPS) is 11.7. The molecule has 1 N–H and O–H groups in total. The van der Waals surface area contributed by atoms with Crippen LogP contribution in [-0.4, -0.2) is 24.0 Å². The molecule has 8 heteroatoms. The molecule has 1 amide bonds. The molecule has 0 aliphatic rings. The van der Waals surface area contributed by atoms with Gasteiger partial charge in [-0.1, -0.05) is 19.1 Å². The van der Waals surface area contributed by atoms with Gasteiger partial charge in [0.2, 0.25) is 5.91 Å². The highest BCUT2D eigenvalue weighted by Gasteiger charge is 2.28. The molecular weight excluding hydrogens is 468 g/mol. The lowest BCUT2D eigenvalue weighted by Crippen LogP contribution is -2.44. The van der Waals surface area contributed by atoms with Crippen LogP contribution >= 0.6 is 11.3 Å². The number of thiazole rings is 1. The summed E-state index contributed by atoms with van der Waals surface area (Å²) in [5.41, 5.74) is 3.08. The van der Waals surface area contributed by atoms with Crippen molar-refractivity contribution in [1.82, 2.24) is 10.3 Å². The van der Waals surface area contributed by atoms with Gasteiger partial charge in [0.25, 0.3) is 0 Å². The van der Waals surface area contributed by atoms with Crippen molar-refractivity contribution in [2.24, 2.45) is 0 Å². The molecule has 0 saturated heterocycles. The number of aromatic nitrogens is 1. The lowest BCUT2D eigenvalue weighted by atomic mass is 10.1. The molecule has 4 aromatic rings. The standard InChI is InChI=1S/C27H25F2N3O2S/c1-3-25(26(33)30-16-18-4-8-20(28)9-5-18)32(22-12-14-23(34-2)15-13-22)27-31-24(17-35-27)19-6-10-21(29)11-7-19/h4-15,17,25H,3,16H2,1-2H3,(H,30,33)/t25-/m0/s1. The molecule has 0 spiro atoms. The highest BCUT2D eigenvalue weighted by atomic mass is 32.1. The first-order valence-electron chi connectivity index (χ1n) is 11.2. The van der Waals surface area contributed by atoms with E-state index in [1.165, 1.54) is 35.6 Å². The Hall–Kier alpha value is -3.78. The molecule has 3 aromatic carbocycles. The second-order valence-corrected chi connectivity index (χ2v) is 8.70. The predicted octanol–water partition coefficient (Wildman–Crippen LogP) is 6.33. The number of carbonyl (C=O) groups excluding carboxylic acids is 1. The number of ether oxygens (including phenoxy) is 1.